The van der Waals surface area contributed by atoms with Crippen LogP contribution in [0.15, 0.2) is 42.5 Å². The van der Waals surface area contributed by atoms with E-state index in [-0.39, 0.29) is 0 Å². The Labute approximate surface area is 117 Å². The van der Waals surface area contributed by atoms with E-state index in [2.05, 4.69) is 29.0 Å². The van der Waals surface area contributed by atoms with Gasteiger partial charge in [-0.3, -0.25) is 0 Å². The summed E-state index contributed by atoms with van der Waals surface area (Å²) >= 11 is 6.27. The normalized spacial score (nSPS) is 10.9. The topological polar surface area (TPSA) is 25.8 Å². The minimum Gasteiger partial charge on any atom is -0.228 e. The number of hydrogen-bond donors (Lipinski definition) is 0. The van der Waals surface area contributed by atoms with Crippen molar-refractivity contribution in [1.29, 1.82) is 0 Å². The monoisotopic (exact) mass is 268 g/mol. The van der Waals surface area contributed by atoms with Crippen molar-refractivity contribution in [2.24, 2.45) is 0 Å². The van der Waals surface area contributed by atoms with Crippen molar-refractivity contribution in [2.45, 2.75) is 13.8 Å². The van der Waals surface area contributed by atoms with Crippen LogP contribution in [0.1, 0.15) is 11.1 Å². The van der Waals surface area contributed by atoms with Crippen LogP contribution < -0.4 is 0 Å². The van der Waals surface area contributed by atoms with Gasteiger partial charge >= 0.3 is 0 Å². The zero-order valence-electron chi connectivity index (χ0n) is 10.8. The van der Waals surface area contributed by atoms with Crippen molar-refractivity contribution in [2.75, 3.05) is 0 Å². The molecule has 0 N–H and O–H groups in total. The van der Waals surface area contributed by atoms with Crippen molar-refractivity contribution in [3.63, 3.8) is 0 Å². The van der Waals surface area contributed by atoms with Gasteiger partial charge in [-0.2, -0.15) is 0 Å². The molecular formula is C16H13ClN2. The summed E-state index contributed by atoms with van der Waals surface area (Å²) in [6, 6.07) is 14.1. The first-order valence-corrected chi connectivity index (χ1v) is 6.52. The summed E-state index contributed by atoms with van der Waals surface area (Å²) in [6.45, 7) is 4.08. The number of aromatic nitrogens is 2. The molecule has 0 spiro atoms. The quantitative estimate of drug-likeness (QED) is 0.604. The van der Waals surface area contributed by atoms with Crippen LogP contribution in [0.3, 0.4) is 0 Å². The van der Waals surface area contributed by atoms with Gasteiger partial charge in [-0.15, -0.1) is 0 Å². The number of aryl methyl sites for hydroxylation is 2. The molecule has 2 aromatic carbocycles. The summed E-state index contributed by atoms with van der Waals surface area (Å²) in [5.74, 6) is 0.671. The Hall–Kier alpha value is -1.93. The first-order valence-electron chi connectivity index (χ1n) is 6.14. The van der Waals surface area contributed by atoms with E-state index in [9.17, 15) is 0 Å². The zero-order valence-corrected chi connectivity index (χ0v) is 11.6. The van der Waals surface area contributed by atoms with Crippen molar-refractivity contribution in [3.05, 3.63) is 58.7 Å². The number of fused-ring (bicyclic) bond motifs is 1. The summed E-state index contributed by atoms with van der Waals surface area (Å²) in [6.07, 6.45) is 0. The second kappa shape index (κ2) is 4.63. The van der Waals surface area contributed by atoms with Gasteiger partial charge in [0.2, 0.25) is 0 Å². The molecule has 1 aromatic heterocycles. The molecule has 3 rings (SSSR count). The van der Waals surface area contributed by atoms with Crippen molar-refractivity contribution in [1.82, 2.24) is 9.97 Å². The molecule has 0 saturated carbocycles. The summed E-state index contributed by atoms with van der Waals surface area (Å²) in [4.78, 5) is 9.00. The lowest BCUT2D eigenvalue weighted by molar-refractivity contribution is 1.22. The SMILES string of the molecule is Cc1cccc(-c2nc(Cl)c3cc(C)ccc3n2)c1. The molecule has 0 unspecified atom stereocenters. The van der Waals surface area contributed by atoms with Crippen LogP contribution in [0.5, 0.6) is 0 Å². The molecule has 1 heterocycles. The molecule has 19 heavy (non-hydrogen) atoms. The molecule has 0 amide bonds. The third-order valence-electron chi connectivity index (χ3n) is 3.08. The molecule has 0 saturated heterocycles. The van der Waals surface area contributed by atoms with Crippen LogP contribution in [0, 0.1) is 13.8 Å². The van der Waals surface area contributed by atoms with Crippen molar-refractivity contribution >= 4 is 22.5 Å². The van der Waals surface area contributed by atoms with Gasteiger partial charge in [-0.05, 0) is 32.0 Å². The third-order valence-corrected chi connectivity index (χ3v) is 3.37. The molecule has 0 aliphatic heterocycles. The van der Waals surface area contributed by atoms with E-state index in [1.807, 2.05) is 37.3 Å². The first-order chi connectivity index (χ1) is 9.13. The Morgan fingerprint density at radius 1 is 0.895 bits per heavy atom. The fraction of sp³-hybridized carbons (Fsp3) is 0.125. The molecule has 0 fully saturated rings. The highest BCUT2D eigenvalue weighted by molar-refractivity contribution is 6.34. The van der Waals surface area contributed by atoms with Crippen LogP contribution in [0.4, 0.5) is 0 Å². The summed E-state index contributed by atoms with van der Waals surface area (Å²) in [5.41, 5.74) is 4.20. The smallest absolute Gasteiger partial charge is 0.161 e. The minimum absolute atomic E-state index is 0.505. The standard InChI is InChI=1S/C16H13ClN2/c1-10-4-3-5-12(8-10)16-18-14-7-6-11(2)9-13(14)15(17)19-16/h3-9H,1-2H3. The van der Waals surface area contributed by atoms with Gasteiger partial charge in [0.1, 0.15) is 5.15 Å². The summed E-state index contributed by atoms with van der Waals surface area (Å²) in [5, 5.41) is 1.41. The molecule has 3 aromatic rings. The lowest BCUT2D eigenvalue weighted by Gasteiger charge is -2.06. The van der Waals surface area contributed by atoms with Crippen LogP contribution >= 0.6 is 11.6 Å². The largest absolute Gasteiger partial charge is 0.228 e. The second-order valence-corrected chi connectivity index (χ2v) is 5.09. The van der Waals surface area contributed by atoms with Gasteiger partial charge in [0.05, 0.1) is 5.52 Å². The van der Waals surface area contributed by atoms with Crippen molar-refractivity contribution in [3.8, 4) is 11.4 Å². The van der Waals surface area contributed by atoms with Gasteiger partial charge in [0, 0.05) is 10.9 Å². The van der Waals surface area contributed by atoms with E-state index < -0.39 is 0 Å². The minimum atomic E-state index is 0.505. The second-order valence-electron chi connectivity index (χ2n) is 4.73. The maximum absolute atomic E-state index is 6.27. The number of hydrogen-bond acceptors (Lipinski definition) is 2. The molecule has 0 radical (unpaired) electrons. The predicted molar refractivity (Wildman–Crippen MR) is 79.5 cm³/mol. The highest BCUT2D eigenvalue weighted by Crippen LogP contribution is 2.25. The molecule has 0 aliphatic rings. The van der Waals surface area contributed by atoms with Crippen LogP contribution in [-0.4, -0.2) is 9.97 Å². The van der Waals surface area contributed by atoms with Gasteiger partial charge in [-0.1, -0.05) is 47.0 Å². The predicted octanol–water partition coefficient (Wildman–Crippen LogP) is 4.57. The number of nitrogens with zero attached hydrogens (tertiary/aromatic N) is 2. The fourth-order valence-electron chi connectivity index (χ4n) is 2.12. The van der Waals surface area contributed by atoms with Crippen molar-refractivity contribution < 1.29 is 0 Å². The fourth-order valence-corrected chi connectivity index (χ4v) is 2.35. The average Bonchev–Trinajstić information content (AvgIpc) is 2.39. The van der Waals surface area contributed by atoms with Gasteiger partial charge in [0.25, 0.3) is 0 Å². The summed E-state index contributed by atoms with van der Waals surface area (Å²) < 4.78 is 0. The van der Waals surface area contributed by atoms with E-state index >= 15 is 0 Å². The Morgan fingerprint density at radius 3 is 2.47 bits per heavy atom. The number of benzene rings is 2. The molecule has 0 aliphatic carbocycles. The molecule has 0 atom stereocenters. The first kappa shape index (κ1) is 12.1. The van der Waals surface area contributed by atoms with Gasteiger partial charge in [0.15, 0.2) is 5.82 Å². The third kappa shape index (κ3) is 2.32. The van der Waals surface area contributed by atoms with Crippen LogP contribution in [0.2, 0.25) is 5.15 Å². The van der Waals surface area contributed by atoms with E-state index in [0.29, 0.717) is 11.0 Å². The molecule has 94 valence electrons. The maximum atomic E-state index is 6.27. The zero-order chi connectivity index (χ0) is 13.4. The Bertz CT molecular complexity index is 766. The van der Waals surface area contributed by atoms with Gasteiger partial charge in [-0.25, -0.2) is 9.97 Å². The lowest BCUT2D eigenvalue weighted by atomic mass is 10.1. The average molecular weight is 269 g/mol. The van der Waals surface area contributed by atoms with Gasteiger partial charge < -0.3 is 0 Å². The number of rotatable bonds is 1. The molecule has 3 heteroatoms. The van der Waals surface area contributed by atoms with E-state index in [1.165, 1.54) is 5.56 Å². The number of halogens is 1. The lowest BCUT2D eigenvalue weighted by Crippen LogP contribution is -1.92. The van der Waals surface area contributed by atoms with E-state index in [1.54, 1.807) is 0 Å². The Balaban J connectivity index is 2.24. The maximum Gasteiger partial charge on any atom is 0.161 e. The van der Waals surface area contributed by atoms with Crippen LogP contribution in [-0.2, 0) is 0 Å². The molecule has 2 nitrogen and oxygen atoms in total. The van der Waals surface area contributed by atoms with Crippen LogP contribution in [0.25, 0.3) is 22.3 Å². The Morgan fingerprint density at radius 2 is 1.68 bits per heavy atom. The molecule has 0 bridgehead atoms. The van der Waals surface area contributed by atoms with E-state index in [0.717, 1.165) is 22.0 Å². The summed E-state index contributed by atoms with van der Waals surface area (Å²) in [7, 11) is 0. The molecular weight excluding hydrogens is 256 g/mol. The highest BCUT2D eigenvalue weighted by Gasteiger charge is 2.08. The Kier molecular flexibility index (Phi) is 2.96. The van der Waals surface area contributed by atoms with E-state index in [4.69, 9.17) is 11.6 Å². The highest BCUT2D eigenvalue weighted by atomic mass is 35.5.